The molecule has 0 aliphatic carbocycles. The van der Waals surface area contributed by atoms with E-state index in [0.717, 1.165) is 48.9 Å². The highest BCUT2D eigenvalue weighted by Crippen LogP contribution is 2.20. The standard InChI is InChI=1S/C35H43N3O3/c1-4-6-10-27-13-17-29(18-14-27)35(40)38(22-7-5-2)26-34(39)37(25-28-15-19-31(41-3)20-16-28)23-21-30-24-36-33-12-9-8-11-32(30)33/h8-9,11-20,24,36H,4-7,10,21-23,25-26H2,1-3H3. The molecule has 0 saturated heterocycles. The van der Waals surface area contributed by atoms with Crippen LogP contribution in [0.2, 0.25) is 0 Å². The molecule has 2 amide bonds. The minimum Gasteiger partial charge on any atom is -0.497 e. The van der Waals surface area contributed by atoms with E-state index >= 15 is 0 Å². The highest BCUT2D eigenvalue weighted by molar-refractivity contribution is 5.96. The molecule has 3 aromatic carbocycles. The Labute approximate surface area is 244 Å². The van der Waals surface area contributed by atoms with Crippen LogP contribution in [-0.4, -0.2) is 53.3 Å². The van der Waals surface area contributed by atoms with Crippen molar-refractivity contribution in [1.29, 1.82) is 0 Å². The molecule has 1 N–H and O–H groups in total. The largest absolute Gasteiger partial charge is 0.497 e. The molecule has 1 aromatic heterocycles. The number of hydrogen-bond donors (Lipinski definition) is 1. The number of unbranched alkanes of at least 4 members (excludes halogenated alkanes) is 2. The number of carbonyl (C=O) groups excluding carboxylic acids is 2. The number of nitrogens with zero attached hydrogens (tertiary/aromatic N) is 2. The first-order valence-electron chi connectivity index (χ1n) is 14.9. The van der Waals surface area contributed by atoms with Crippen molar-refractivity contribution in [3.63, 3.8) is 0 Å². The molecular weight excluding hydrogens is 510 g/mol. The van der Waals surface area contributed by atoms with Crippen molar-refractivity contribution >= 4 is 22.7 Å². The Morgan fingerprint density at radius 3 is 2.20 bits per heavy atom. The van der Waals surface area contributed by atoms with Crippen molar-refractivity contribution in [2.75, 3.05) is 26.7 Å². The number of aryl methyl sites for hydroxylation is 1. The van der Waals surface area contributed by atoms with Gasteiger partial charge in [0.05, 0.1) is 7.11 Å². The first-order valence-corrected chi connectivity index (χ1v) is 14.9. The average molecular weight is 554 g/mol. The Balaban J connectivity index is 1.52. The summed E-state index contributed by atoms with van der Waals surface area (Å²) in [5.74, 6) is 0.641. The third-order valence-corrected chi connectivity index (χ3v) is 7.63. The molecule has 0 bridgehead atoms. The summed E-state index contributed by atoms with van der Waals surface area (Å²) >= 11 is 0. The molecule has 216 valence electrons. The maximum absolute atomic E-state index is 13.9. The van der Waals surface area contributed by atoms with Crippen LogP contribution in [0.1, 0.15) is 66.6 Å². The van der Waals surface area contributed by atoms with E-state index in [-0.39, 0.29) is 18.4 Å². The summed E-state index contributed by atoms with van der Waals surface area (Å²) in [5, 5.41) is 1.17. The Morgan fingerprint density at radius 1 is 0.780 bits per heavy atom. The molecule has 4 aromatic rings. The van der Waals surface area contributed by atoms with Gasteiger partial charge in [-0.1, -0.05) is 69.2 Å². The second-order valence-electron chi connectivity index (χ2n) is 10.7. The Hall–Kier alpha value is -4.06. The third kappa shape index (κ3) is 8.23. The lowest BCUT2D eigenvalue weighted by Crippen LogP contribution is -2.43. The van der Waals surface area contributed by atoms with Gasteiger partial charge in [0, 0.05) is 42.3 Å². The van der Waals surface area contributed by atoms with Gasteiger partial charge in [0.25, 0.3) is 5.91 Å². The van der Waals surface area contributed by atoms with Crippen LogP contribution in [-0.2, 0) is 24.2 Å². The fourth-order valence-electron chi connectivity index (χ4n) is 5.08. The van der Waals surface area contributed by atoms with Crippen molar-refractivity contribution in [3.8, 4) is 5.75 Å². The topological polar surface area (TPSA) is 65.6 Å². The molecule has 0 spiro atoms. The number of H-pyrrole nitrogens is 1. The van der Waals surface area contributed by atoms with E-state index in [0.29, 0.717) is 31.6 Å². The van der Waals surface area contributed by atoms with Crippen molar-refractivity contribution in [1.82, 2.24) is 14.8 Å². The van der Waals surface area contributed by atoms with E-state index < -0.39 is 0 Å². The molecular formula is C35H43N3O3. The number of amides is 2. The van der Waals surface area contributed by atoms with E-state index in [2.05, 4.69) is 31.0 Å². The molecule has 0 saturated carbocycles. The Kier molecular flexibility index (Phi) is 11.0. The van der Waals surface area contributed by atoms with E-state index in [1.54, 1.807) is 12.0 Å². The normalized spacial score (nSPS) is 11.0. The number of aromatic nitrogens is 1. The van der Waals surface area contributed by atoms with Crippen molar-refractivity contribution in [2.45, 2.75) is 58.9 Å². The molecule has 0 aliphatic rings. The van der Waals surface area contributed by atoms with E-state index in [9.17, 15) is 9.59 Å². The molecule has 6 nitrogen and oxygen atoms in total. The minimum absolute atomic E-state index is 0.0512. The van der Waals surface area contributed by atoms with E-state index in [1.807, 2.05) is 71.8 Å². The quantitative estimate of drug-likeness (QED) is 0.172. The summed E-state index contributed by atoms with van der Waals surface area (Å²) in [7, 11) is 1.65. The zero-order valence-electron chi connectivity index (χ0n) is 24.7. The molecule has 6 heteroatoms. The lowest BCUT2D eigenvalue weighted by Gasteiger charge is -2.28. The highest BCUT2D eigenvalue weighted by Gasteiger charge is 2.23. The van der Waals surface area contributed by atoms with Crippen LogP contribution in [0.25, 0.3) is 10.9 Å². The van der Waals surface area contributed by atoms with Gasteiger partial charge < -0.3 is 19.5 Å². The predicted octanol–water partition coefficient (Wildman–Crippen LogP) is 7.03. The highest BCUT2D eigenvalue weighted by atomic mass is 16.5. The molecule has 0 fully saturated rings. The van der Waals surface area contributed by atoms with Gasteiger partial charge in [-0.15, -0.1) is 0 Å². The second-order valence-corrected chi connectivity index (χ2v) is 10.7. The van der Waals surface area contributed by atoms with Gasteiger partial charge in [0.15, 0.2) is 0 Å². The number of nitrogens with one attached hydrogen (secondary N) is 1. The predicted molar refractivity (Wildman–Crippen MR) is 166 cm³/mol. The van der Waals surface area contributed by atoms with Crippen LogP contribution in [0, 0.1) is 0 Å². The molecule has 0 atom stereocenters. The lowest BCUT2D eigenvalue weighted by molar-refractivity contribution is -0.132. The summed E-state index contributed by atoms with van der Waals surface area (Å²) in [6.07, 6.45) is 7.83. The van der Waals surface area contributed by atoms with Gasteiger partial charge in [0.1, 0.15) is 12.3 Å². The second kappa shape index (κ2) is 15.1. The monoisotopic (exact) mass is 553 g/mol. The number of hydrogen-bond acceptors (Lipinski definition) is 3. The van der Waals surface area contributed by atoms with Crippen LogP contribution in [0.3, 0.4) is 0 Å². The van der Waals surface area contributed by atoms with Gasteiger partial charge in [-0.3, -0.25) is 9.59 Å². The van der Waals surface area contributed by atoms with Gasteiger partial charge in [-0.2, -0.15) is 0 Å². The fourth-order valence-corrected chi connectivity index (χ4v) is 5.08. The van der Waals surface area contributed by atoms with Crippen LogP contribution in [0.15, 0.2) is 79.0 Å². The number of methoxy groups -OCH3 is 1. The van der Waals surface area contributed by atoms with Gasteiger partial charge in [-0.05, 0) is 72.7 Å². The third-order valence-electron chi connectivity index (χ3n) is 7.63. The van der Waals surface area contributed by atoms with Crippen molar-refractivity contribution in [2.24, 2.45) is 0 Å². The average Bonchev–Trinajstić information content (AvgIpc) is 3.43. The molecule has 4 rings (SSSR count). The number of para-hydroxylation sites is 1. The molecule has 0 aliphatic heterocycles. The zero-order chi connectivity index (χ0) is 29.0. The zero-order valence-corrected chi connectivity index (χ0v) is 24.7. The van der Waals surface area contributed by atoms with Gasteiger partial charge in [-0.25, -0.2) is 0 Å². The van der Waals surface area contributed by atoms with Crippen molar-refractivity contribution in [3.05, 3.63) is 101 Å². The van der Waals surface area contributed by atoms with Crippen LogP contribution in [0.4, 0.5) is 0 Å². The minimum atomic E-state index is -0.0881. The van der Waals surface area contributed by atoms with Gasteiger partial charge >= 0.3 is 0 Å². The number of benzene rings is 3. The van der Waals surface area contributed by atoms with Crippen molar-refractivity contribution < 1.29 is 14.3 Å². The Morgan fingerprint density at radius 2 is 1.49 bits per heavy atom. The lowest BCUT2D eigenvalue weighted by atomic mass is 10.1. The molecule has 41 heavy (non-hydrogen) atoms. The smallest absolute Gasteiger partial charge is 0.254 e. The number of carbonyl (C=O) groups is 2. The summed E-state index contributed by atoms with van der Waals surface area (Å²) in [4.78, 5) is 34.4. The van der Waals surface area contributed by atoms with Gasteiger partial charge in [0.2, 0.25) is 5.91 Å². The SMILES string of the molecule is CCCCc1ccc(C(=O)N(CCCC)CC(=O)N(CCc2c[nH]c3ccccc23)Cc2ccc(OC)cc2)cc1. The van der Waals surface area contributed by atoms with E-state index in [1.165, 1.54) is 16.5 Å². The van der Waals surface area contributed by atoms with E-state index in [4.69, 9.17) is 4.74 Å². The number of fused-ring (bicyclic) bond motifs is 1. The first-order chi connectivity index (χ1) is 20.0. The van der Waals surface area contributed by atoms with Crippen LogP contribution < -0.4 is 4.74 Å². The summed E-state index contributed by atoms with van der Waals surface area (Å²) in [6, 6.07) is 23.9. The molecule has 1 heterocycles. The fraction of sp³-hybridized carbons (Fsp3) is 0.371. The molecule has 0 radical (unpaired) electrons. The number of aromatic amines is 1. The van der Waals surface area contributed by atoms with Crippen LogP contribution >= 0.6 is 0 Å². The first kappa shape index (κ1) is 29.9. The maximum Gasteiger partial charge on any atom is 0.254 e. The van der Waals surface area contributed by atoms with Crippen LogP contribution in [0.5, 0.6) is 5.75 Å². The summed E-state index contributed by atoms with van der Waals surface area (Å²) in [6.45, 7) is 5.91. The number of rotatable bonds is 15. The maximum atomic E-state index is 13.9. The molecule has 0 unspecified atom stereocenters. The Bertz CT molecular complexity index is 1390. The summed E-state index contributed by atoms with van der Waals surface area (Å²) in [5.41, 5.74) is 5.16. The summed E-state index contributed by atoms with van der Waals surface area (Å²) < 4.78 is 5.32. The number of ether oxygens (including phenoxy) is 1.